The van der Waals surface area contributed by atoms with Crippen LogP contribution < -0.4 is 10.1 Å². The van der Waals surface area contributed by atoms with E-state index in [0.29, 0.717) is 36.6 Å². The Morgan fingerprint density at radius 2 is 1.54 bits per heavy atom. The molecule has 0 spiro atoms. The maximum Gasteiger partial charge on any atom is 0.234 e. The van der Waals surface area contributed by atoms with Gasteiger partial charge in [-0.05, 0) is 85.7 Å². The number of hydrogen-bond acceptors (Lipinski definition) is 5. The number of piperidine rings is 1. The first-order valence-electron chi connectivity index (χ1n) is 14.7. The van der Waals surface area contributed by atoms with Crippen LogP contribution in [-0.2, 0) is 27.4 Å². The Morgan fingerprint density at radius 1 is 0.854 bits per heavy atom. The Bertz CT molecular complexity index is 1260. The summed E-state index contributed by atoms with van der Waals surface area (Å²) >= 11 is 0. The van der Waals surface area contributed by atoms with Gasteiger partial charge in [-0.25, -0.2) is 4.39 Å². The summed E-state index contributed by atoms with van der Waals surface area (Å²) in [5.74, 6) is 1.25. The summed E-state index contributed by atoms with van der Waals surface area (Å²) < 4.78 is 24.8. The van der Waals surface area contributed by atoms with E-state index in [4.69, 9.17) is 9.47 Å². The molecule has 0 radical (unpaired) electrons. The molecule has 3 atom stereocenters. The van der Waals surface area contributed by atoms with Gasteiger partial charge < -0.3 is 14.8 Å². The standard InChI is InChI=1S/C34H39FN2O4/c35-28-14-18-30(19-15-28)41-29-16-12-25(13-17-29)21-33(38)31(24-40-23-26-7-2-1-3-8-26)36-34(39)22-37-20-6-10-27-9-4-5-11-32(27)37/h1-3,7-8,12-19,27,31-32H,4-6,9-11,20-24H2,(H,36,39)/t27?,31-,32?/m0/s1. The van der Waals surface area contributed by atoms with Crippen molar-refractivity contribution < 1.29 is 23.5 Å². The maximum absolute atomic E-state index is 13.4. The van der Waals surface area contributed by atoms with Gasteiger partial charge in [0.05, 0.1) is 19.8 Å². The molecular formula is C34H39FN2O4. The zero-order chi connectivity index (χ0) is 28.4. The van der Waals surface area contributed by atoms with Gasteiger partial charge in [0, 0.05) is 12.5 Å². The van der Waals surface area contributed by atoms with Crippen molar-refractivity contribution >= 4 is 11.7 Å². The Hall–Kier alpha value is -3.55. The highest BCUT2D eigenvalue weighted by Gasteiger charge is 2.34. The van der Waals surface area contributed by atoms with Gasteiger partial charge in [-0.15, -0.1) is 0 Å². The van der Waals surface area contributed by atoms with E-state index in [1.165, 1.54) is 37.8 Å². The zero-order valence-electron chi connectivity index (χ0n) is 23.5. The monoisotopic (exact) mass is 558 g/mol. The molecule has 2 aliphatic rings. The van der Waals surface area contributed by atoms with Gasteiger partial charge >= 0.3 is 0 Å². The average molecular weight is 559 g/mol. The molecule has 3 aromatic rings. The van der Waals surface area contributed by atoms with Crippen LogP contribution in [0.15, 0.2) is 78.9 Å². The quantitative estimate of drug-likeness (QED) is 0.292. The highest BCUT2D eigenvalue weighted by atomic mass is 19.1. The SMILES string of the molecule is O=C(CN1CCCC2CCCCC21)N[C@@H](COCc1ccccc1)C(=O)Cc1ccc(Oc2ccc(F)cc2)cc1. The highest BCUT2D eigenvalue weighted by Crippen LogP contribution is 2.35. The number of amides is 1. The maximum atomic E-state index is 13.4. The van der Waals surface area contributed by atoms with E-state index in [2.05, 4.69) is 10.2 Å². The van der Waals surface area contributed by atoms with Crippen LogP contribution >= 0.6 is 0 Å². The van der Waals surface area contributed by atoms with Gasteiger partial charge in [0.1, 0.15) is 23.4 Å². The molecule has 1 saturated heterocycles. The number of hydrogen-bond donors (Lipinski definition) is 1. The van der Waals surface area contributed by atoms with E-state index < -0.39 is 6.04 Å². The van der Waals surface area contributed by atoms with Gasteiger partial charge in [-0.3, -0.25) is 14.5 Å². The van der Waals surface area contributed by atoms with Crippen LogP contribution in [0.4, 0.5) is 4.39 Å². The lowest BCUT2D eigenvalue weighted by Crippen LogP contribution is -2.53. The number of ketones is 1. The number of Topliss-reactive ketones (excluding diaryl/α,β-unsaturated/α-hetero) is 1. The average Bonchev–Trinajstić information content (AvgIpc) is 2.99. The second kappa shape index (κ2) is 14.4. The minimum absolute atomic E-state index is 0.104. The van der Waals surface area contributed by atoms with Crippen LogP contribution in [0.2, 0.25) is 0 Å². The van der Waals surface area contributed by atoms with Crippen molar-refractivity contribution in [1.29, 1.82) is 0 Å². The number of fused-ring (bicyclic) bond motifs is 1. The lowest BCUT2D eigenvalue weighted by molar-refractivity contribution is -0.130. The second-order valence-corrected chi connectivity index (χ2v) is 11.2. The largest absolute Gasteiger partial charge is 0.457 e. The van der Waals surface area contributed by atoms with Crippen LogP contribution in [0, 0.1) is 11.7 Å². The molecule has 7 heteroatoms. The van der Waals surface area contributed by atoms with Crippen LogP contribution in [0.3, 0.4) is 0 Å². The highest BCUT2D eigenvalue weighted by molar-refractivity contribution is 5.91. The lowest BCUT2D eigenvalue weighted by atomic mass is 9.78. The molecule has 2 unspecified atom stereocenters. The zero-order valence-corrected chi connectivity index (χ0v) is 23.5. The lowest BCUT2D eigenvalue weighted by Gasteiger charge is -2.43. The summed E-state index contributed by atoms with van der Waals surface area (Å²) in [6.07, 6.45) is 7.46. The third kappa shape index (κ3) is 8.47. The smallest absolute Gasteiger partial charge is 0.234 e. The Morgan fingerprint density at radius 3 is 2.29 bits per heavy atom. The van der Waals surface area contributed by atoms with Crippen molar-refractivity contribution in [3.8, 4) is 11.5 Å². The van der Waals surface area contributed by atoms with Crippen LogP contribution in [0.25, 0.3) is 0 Å². The minimum Gasteiger partial charge on any atom is -0.457 e. The molecule has 1 saturated carbocycles. The molecule has 1 N–H and O–H groups in total. The molecule has 1 aliphatic heterocycles. The summed E-state index contributed by atoms with van der Waals surface area (Å²) in [5, 5.41) is 3.00. The van der Waals surface area contributed by atoms with Crippen molar-refractivity contribution in [3.63, 3.8) is 0 Å². The number of likely N-dealkylation sites (tertiary alicyclic amines) is 1. The van der Waals surface area contributed by atoms with Crippen molar-refractivity contribution in [1.82, 2.24) is 10.2 Å². The number of ether oxygens (including phenoxy) is 2. The summed E-state index contributed by atoms with van der Waals surface area (Å²) in [6, 6.07) is 22.6. The molecule has 6 nitrogen and oxygen atoms in total. The molecule has 1 aliphatic carbocycles. The molecule has 5 rings (SSSR count). The van der Waals surface area contributed by atoms with Crippen LogP contribution in [-0.4, -0.2) is 48.4 Å². The van der Waals surface area contributed by atoms with Crippen molar-refractivity contribution in [2.75, 3.05) is 19.7 Å². The molecule has 41 heavy (non-hydrogen) atoms. The Kier molecular flexibility index (Phi) is 10.2. The number of carbonyl (C=O) groups excluding carboxylic acids is 2. The molecule has 3 aromatic carbocycles. The predicted molar refractivity (Wildman–Crippen MR) is 156 cm³/mol. The van der Waals surface area contributed by atoms with Gasteiger partial charge in [0.2, 0.25) is 5.91 Å². The fraction of sp³-hybridized carbons (Fsp3) is 0.412. The topological polar surface area (TPSA) is 67.9 Å². The van der Waals surface area contributed by atoms with Crippen molar-refractivity contribution in [2.24, 2.45) is 5.92 Å². The molecule has 1 amide bonds. The van der Waals surface area contributed by atoms with Crippen LogP contribution in [0.5, 0.6) is 11.5 Å². The number of benzene rings is 3. The first-order chi connectivity index (χ1) is 20.0. The fourth-order valence-corrected chi connectivity index (χ4v) is 6.07. The van der Waals surface area contributed by atoms with E-state index >= 15 is 0 Å². The van der Waals surface area contributed by atoms with Crippen molar-refractivity contribution in [3.05, 3.63) is 95.8 Å². The van der Waals surface area contributed by atoms with E-state index in [1.807, 2.05) is 42.5 Å². The van der Waals surface area contributed by atoms with Gasteiger partial charge in [0.25, 0.3) is 0 Å². The van der Waals surface area contributed by atoms with Crippen molar-refractivity contribution in [2.45, 2.75) is 63.6 Å². The van der Waals surface area contributed by atoms with E-state index in [1.54, 1.807) is 24.3 Å². The molecule has 0 aromatic heterocycles. The molecule has 0 bridgehead atoms. The predicted octanol–water partition coefficient (Wildman–Crippen LogP) is 6.09. The molecule has 216 valence electrons. The fourth-order valence-electron chi connectivity index (χ4n) is 6.07. The Balaban J connectivity index is 1.20. The summed E-state index contributed by atoms with van der Waals surface area (Å²) in [4.78, 5) is 29.0. The first-order valence-corrected chi connectivity index (χ1v) is 14.7. The molecule has 2 fully saturated rings. The number of rotatable bonds is 12. The molecular weight excluding hydrogens is 519 g/mol. The second-order valence-electron chi connectivity index (χ2n) is 11.2. The minimum atomic E-state index is -0.742. The molecule has 1 heterocycles. The normalized spacial score (nSPS) is 19.6. The van der Waals surface area contributed by atoms with Gasteiger partial charge in [0.15, 0.2) is 5.78 Å². The first kappa shape index (κ1) is 29.0. The third-order valence-corrected chi connectivity index (χ3v) is 8.18. The van der Waals surface area contributed by atoms with E-state index in [9.17, 15) is 14.0 Å². The number of nitrogens with zero attached hydrogens (tertiary/aromatic N) is 1. The number of nitrogens with one attached hydrogen (secondary N) is 1. The number of carbonyl (C=O) groups is 2. The number of halogens is 1. The van der Waals surface area contributed by atoms with E-state index in [0.717, 1.165) is 30.5 Å². The van der Waals surface area contributed by atoms with Crippen LogP contribution in [0.1, 0.15) is 49.7 Å². The Labute approximate surface area is 241 Å². The van der Waals surface area contributed by atoms with Gasteiger partial charge in [-0.2, -0.15) is 0 Å². The van der Waals surface area contributed by atoms with E-state index in [-0.39, 0.29) is 30.5 Å². The third-order valence-electron chi connectivity index (χ3n) is 8.18. The summed E-state index contributed by atoms with van der Waals surface area (Å²) in [7, 11) is 0. The van der Waals surface area contributed by atoms with Gasteiger partial charge in [-0.1, -0.05) is 55.3 Å². The summed E-state index contributed by atoms with van der Waals surface area (Å²) in [5.41, 5.74) is 1.82. The summed E-state index contributed by atoms with van der Waals surface area (Å²) in [6.45, 7) is 1.73.